The van der Waals surface area contributed by atoms with Crippen LogP contribution in [0.25, 0.3) is 0 Å². The highest BCUT2D eigenvalue weighted by Crippen LogP contribution is 2.60. The van der Waals surface area contributed by atoms with Crippen LogP contribution in [0.15, 0.2) is 28.3 Å². The van der Waals surface area contributed by atoms with Crippen LogP contribution < -0.4 is 0 Å². The van der Waals surface area contributed by atoms with Gasteiger partial charge in [-0.15, -0.1) is 0 Å². The molecule has 7 unspecified atom stereocenters. The Bertz CT molecular complexity index is 780. The Morgan fingerprint density at radius 1 is 1.10 bits per heavy atom. The Hall–Kier alpha value is -0.930. The van der Waals surface area contributed by atoms with Gasteiger partial charge in [0.05, 0.1) is 18.8 Å². The van der Waals surface area contributed by atoms with Crippen molar-refractivity contribution in [3.05, 3.63) is 23.3 Å². The number of aliphatic imine (C=N–C) groups is 1. The number of allylic oxidation sites excluding steroid dienone is 3. The third-order valence-electron chi connectivity index (χ3n) is 9.91. The van der Waals surface area contributed by atoms with Gasteiger partial charge in [-0.25, -0.2) is 0 Å². The van der Waals surface area contributed by atoms with Crippen LogP contribution in [0.3, 0.4) is 0 Å². The van der Waals surface area contributed by atoms with Crippen molar-refractivity contribution in [2.45, 2.75) is 105 Å². The third-order valence-corrected chi connectivity index (χ3v) is 9.91. The van der Waals surface area contributed by atoms with Crippen molar-refractivity contribution >= 4 is 5.71 Å². The van der Waals surface area contributed by atoms with Crippen molar-refractivity contribution in [1.29, 1.82) is 0 Å². The van der Waals surface area contributed by atoms with Crippen LogP contribution in [0.4, 0.5) is 0 Å². The van der Waals surface area contributed by atoms with Crippen molar-refractivity contribution in [2.75, 3.05) is 6.54 Å². The van der Waals surface area contributed by atoms with E-state index in [1.54, 1.807) is 11.1 Å². The first-order chi connectivity index (χ1) is 14.6. The molecule has 0 radical (unpaired) electrons. The molecule has 1 aliphatic heterocycles. The van der Waals surface area contributed by atoms with Crippen LogP contribution >= 0.6 is 0 Å². The summed E-state index contributed by atoms with van der Waals surface area (Å²) < 4.78 is 0. The van der Waals surface area contributed by atoms with Gasteiger partial charge in [-0.1, -0.05) is 52.3 Å². The van der Waals surface area contributed by atoms with E-state index in [1.807, 2.05) is 0 Å². The summed E-state index contributed by atoms with van der Waals surface area (Å²) in [6.07, 6.45) is 9.26. The van der Waals surface area contributed by atoms with Gasteiger partial charge in [0, 0.05) is 17.0 Å². The van der Waals surface area contributed by atoms with E-state index in [4.69, 9.17) is 4.99 Å². The predicted octanol–water partition coefficient (Wildman–Crippen LogP) is 6.10. The van der Waals surface area contributed by atoms with E-state index in [1.165, 1.54) is 17.7 Å². The molecule has 2 N–H and O–H groups in total. The highest BCUT2D eigenvalue weighted by atomic mass is 16.3. The van der Waals surface area contributed by atoms with Crippen molar-refractivity contribution in [3.63, 3.8) is 0 Å². The number of hydrogen-bond acceptors (Lipinski definition) is 3. The largest absolute Gasteiger partial charge is 0.393 e. The van der Waals surface area contributed by atoms with Crippen LogP contribution in [0.2, 0.25) is 0 Å². The van der Waals surface area contributed by atoms with Crippen molar-refractivity contribution < 1.29 is 10.2 Å². The van der Waals surface area contributed by atoms with E-state index in [-0.39, 0.29) is 29.0 Å². The minimum Gasteiger partial charge on any atom is -0.393 e. The van der Waals surface area contributed by atoms with E-state index >= 15 is 0 Å². The smallest absolute Gasteiger partial charge is 0.0775 e. The lowest BCUT2D eigenvalue weighted by Gasteiger charge is -2.56. The van der Waals surface area contributed by atoms with Crippen molar-refractivity contribution in [2.24, 2.45) is 39.5 Å². The first-order valence-electron chi connectivity index (χ1n) is 12.9. The second kappa shape index (κ2) is 8.45. The Morgan fingerprint density at radius 2 is 1.84 bits per heavy atom. The van der Waals surface area contributed by atoms with Gasteiger partial charge in [0.15, 0.2) is 0 Å². The van der Waals surface area contributed by atoms with Gasteiger partial charge in [-0.05, 0) is 86.5 Å². The van der Waals surface area contributed by atoms with Crippen LogP contribution in [-0.4, -0.2) is 34.7 Å². The van der Waals surface area contributed by atoms with Gasteiger partial charge in [0.2, 0.25) is 0 Å². The molecule has 1 fully saturated rings. The van der Waals surface area contributed by atoms with Crippen molar-refractivity contribution in [1.82, 2.24) is 0 Å². The molecule has 0 amide bonds. The molecule has 0 aromatic rings. The molecule has 0 bridgehead atoms. The first kappa shape index (κ1) is 23.2. The van der Waals surface area contributed by atoms with Crippen LogP contribution in [0, 0.1) is 34.5 Å². The lowest BCUT2D eigenvalue weighted by atomic mass is 9.50. The summed E-state index contributed by atoms with van der Waals surface area (Å²) in [5.74, 6) is 1.88. The van der Waals surface area contributed by atoms with E-state index in [0.29, 0.717) is 24.3 Å². The Kier molecular flexibility index (Phi) is 6.33. The number of aliphatic hydroxyl groups excluding tert-OH is 2. The number of aliphatic hydroxyl groups is 2. The molecule has 174 valence electrons. The maximum Gasteiger partial charge on any atom is 0.0775 e. The second-order valence-electron chi connectivity index (χ2n) is 12.1. The molecule has 7 atom stereocenters. The number of rotatable bonds is 5. The topological polar surface area (TPSA) is 52.8 Å². The van der Waals surface area contributed by atoms with Gasteiger partial charge in [-0.2, -0.15) is 0 Å². The quantitative estimate of drug-likeness (QED) is 0.521. The molecule has 0 spiro atoms. The molecule has 1 saturated carbocycles. The van der Waals surface area contributed by atoms with Gasteiger partial charge in [0.25, 0.3) is 0 Å². The first-order valence-corrected chi connectivity index (χ1v) is 12.9. The average Bonchev–Trinajstić information content (AvgIpc) is 2.71. The molecule has 3 heteroatoms. The van der Waals surface area contributed by atoms with Crippen LogP contribution in [0.5, 0.6) is 0 Å². The minimum absolute atomic E-state index is 0.0214. The summed E-state index contributed by atoms with van der Waals surface area (Å²) in [5.41, 5.74) is 6.08. The fourth-order valence-corrected chi connectivity index (χ4v) is 7.78. The molecule has 31 heavy (non-hydrogen) atoms. The maximum atomic E-state index is 11.1. The summed E-state index contributed by atoms with van der Waals surface area (Å²) in [6.45, 7) is 16.5. The fraction of sp³-hybridized carbons (Fsp3) is 0.821. The number of nitrogens with zero attached hydrogens (tertiary/aromatic N) is 1. The maximum absolute atomic E-state index is 11.1. The molecular weight excluding hydrogens is 382 g/mol. The summed E-state index contributed by atoms with van der Waals surface area (Å²) in [4.78, 5) is 5.07. The van der Waals surface area contributed by atoms with Gasteiger partial charge >= 0.3 is 0 Å². The summed E-state index contributed by atoms with van der Waals surface area (Å²) in [7, 11) is 0. The highest BCUT2D eigenvalue weighted by molar-refractivity contribution is 6.06. The Morgan fingerprint density at radius 3 is 2.55 bits per heavy atom. The monoisotopic (exact) mass is 427 g/mol. The summed E-state index contributed by atoms with van der Waals surface area (Å²) in [6, 6.07) is 0. The Balaban J connectivity index is 1.62. The Labute approximate surface area is 190 Å². The van der Waals surface area contributed by atoms with Crippen molar-refractivity contribution in [3.8, 4) is 0 Å². The normalized spacial score (nSPS) is 41.2. The summed E-state index contributed by atoms with van der Waals surface area (Å²) in [5, 5.41) is 21.4. The van der Waals surface area contributed by atoms with Gasteiger partial charge in [-0.3, -0.25) is 4.99 Å². The zero-order valence-corrected chi connectivity index (χ0v) is 20.6. The molecule has 3 aliphatic carbocycles. The SMILES string of the molecule is C=C(CCC(C)C1C(O)CN=C2C3=C(CCC21C)C1(C)CCC(O)CC1CC3)C(C)C. The minimum atomic E-state index is -0.338. The van der Waals surface area contributed by atoms with E-state index in [2.05, 4.69) is 41.2 Å². The lowest BCUT2D eigenvalue weighted by Crippen LogP contribution is -2.54. The molecule has 3 nitrogen and oxygen atoms in total. The molecule has 4 rings (SSSR count). The third kappa shape index (κ3) is 3.88. The molecular formula is C28H45NO2. The number of fused-ring (bicyclic) bond motifs is 4. The lowest BCUT2D eigenvalue weighted by molar-refractivity contribution is 0.00346. The summed E-state index contributed by atoms with van der Waals surface area (Å²) >= 11 is 0. The molecule has 0 saturated heterocycles. The van der Waals surface area contributed by atoms with Crippen LogP contribution in [-0.2, 0) is 0 Å². The zero-order valence-electron chi connectivity index (χ0n) is 20.6. The molecule has 0 aromatic heterocycles. The van der Waals surface area contributed by atoms with Crippen LogP contribution in [0.1, 0.15) is 92.4 Å². The van der Waals surface area contributed by atoms with E-state index in [0.717, 1.165) is 51.4 Å². The zero-order chi connectivity index (χ0) is 22.6. The molecule has 1 heterocycles. The van der Waals surface area contributed by atoms with Gasteiger partial charge < -0.3 is 10.2 Å². The van der Waals surface area contributed by atoms with Gasteiger partial charge in [0.1, 0.15) is 0 Å². The fourth-order valence-electron chi connectivity index (χ4n) is 7.78. The average molecular weight is 428 g/mol. The van der Waals surface area contributed by atoms with E-state index < -0.39 is 0 Å². The number of hydrogen-bond donors (Lipinski definition) is 2. The molecule has 4 aliphatic rings. The van der Waals surface area contributed by atoms with E-state index in [9.17, 15) is 10.2 Å². The molecule has 0 aromatic carbocycles. The standard InChI is InChI=1S/C28H45NO2/c1-17(2)18(3)7-8-19(4)25-24(31)16-29-26-22-10-9-20-15-21(30)11-13-27(20,5)23(22)12-14-28(25,26)6/h17,19-21,24-25,30-31H,3,7-16H2,1-2,4-6H3. The second-order valence-corrected chi connectivity index (χ2v) is 12.1. The predicted molar refractivity (Wildman–Crippen MR) is 129 cm³/mol. The highest BCUT2D eigenvalue weighted by Gasteiger charge is 2.54.